The minimum atomic E-state index is 0. The van der Waals surface area contributed by atoms with E-state index in [2.05, 4.69) is 0 Å². The average Bonchev–Trinajstić information content (AvgIpc) is 0. The van der Waals surface area contributed by atoms with Crippen molar-refractivity contribution in [3.63, 3.8) is 0 Å². The second kappa shape index (κ2) is 89.6. The van der Waals surface area contributed by atoms with Crippen molar-refractivity contribution >= 4 is 0 Å². The minimum Gasteiger partial charge on any atom is 0 e. The quantitative estimate of drug-likeness (QED) is 0.300. The van der Waals surface area contributed by atoms with Crippen molar-refractivity contribution in [3.8, 4) is 0 Å². The molecule has 0 aromatic heterocycles. The number of hydrogen-bond donors (Lipinski definition) is 0. The van der Waals surface area contributed by atoms with Crippen molar-refractivity contribution in [1.82, 2.24) is 0 Å². The first-order chi connectivity index (χ1) is 0. The normalized spacial score (nSPS) is 0. The summed E-state index contributed by atoms with van der Waals surface area (Å²) in [5.41, 5.74) is 0. The van der Waals surface area contributed by atoms with E-state index in [1.165, 1.54) is 0 Å². The monoisotopic (exact) mass is 2080 g/mol. The number of hydrogen-bond acceptors (Lipinski definition) is 0. The van der Waals surface area contributed by atoms with Gasteiger partial charge in [0, 0.05) is 22.4 Å². The Morgan fingerprint density at radius 1 is 1.00 bits per heavy atom. The molecule has 0 aromatic rings. The Labute approximate surface area is 450 Å². The van der Waals surface area contributed by atoms with E-state index < -0.39 is 0 Å². The van der Waals surface area contributed by atoms with Gasteiger partial charge >= 0.3 is 445 Å². The van der Waals surface area contributed by atoms with Crippen LogP contribution in [0.3, 0.4) is 0 Å². The van der Waals surface area contributed by atoms with Crippen LogP contribution in [0.25, 0.3) is 0 Å². The summed E-state index contributed by atoms with van der Waals surface area (Å²) in [5, 5.41) is 0. The Morgan fingerprint density at radius 3 is 1.00 bits per heavy atom. The van der Waals surface area contributed by atoms with E-state index in [0.29, 0.717) is 0 Å². The third-order valence-electron chi connectivity index (χ3n) is 0. The maximum atomic E-state index is 0. The van der Waals surface area contributed by atoms with Gasteiger partial charge < -0.3 is 0 Å². The van der Waals surface area contributed by atoms with E-state index >= 15 is 0 Å². The van der Waals surface area contributed by atoms with E-state index in [9.17, 15) is 0 Å². The molecule has 0 bridgehead atoms. The summed E-state index contributed by atoms with van der Waals surface area (Å²) in [6, 6.07) is 0. The molecule has 0 aliphatic carbocycles. The Hall–Kier alpha value is 15.6. The van der Waals surface area contributed by atoms with Crippen LogP contribution >= 0.6 is 0 Å². The smallest absolute Gasteiger partial charge is 0 e. The summed E-state index contributed by atoms with van der Waals surface area (Å²) in [4.78, 5) is 0. The second-order valence-corrected chi connectivity index (χ2v) is 0. The first kappa shape index (κ1) is 99.5. The van der Waals surface area contributed by atoms with Gasteiger partial charge in [0.2, 0.25) is 0 Å². The maximum Gasteiger partial charge on any atom is 4.00 e. The third-order valence-corrected chi connectivity index (χ3v) is 0. The zero-order chi connectivity index (χ0) is 0. The van der Waals surface area contributed by atoms with Crippen LogP contribution in [-0.2, 0) is 155 Å². The van der Waals surface area contributed by atoms with Crippen molar-refractivity contribution in [1.29, 1.82) is 0 Å². The fourth-order valence-electron chi connectivity index (χ4n) is 0. The molecule has 0 aliphatic heterocycles. The average molecular weight is 2080 g/mol. The Bertz CT molecular complexity index is 53.3. The van der Waals surface area contributed by atoms with Crippen molar-refractivity contribution in [3.05, 3.63) is 0 Å². The molecule has 14 heavy (non-hydrogen) atoms. The van der Waals surface area contributed by atoms with Gasteiger partial charge in [-0.3, -0.25) is 0 Å². The van der Waals surface area contributed by atoms with E-state index in [1.54, 1.807) is 0 Å². The Morgan fingerprint density at radius 2 is 1.00 bits per heavy atom. The van der Waals surface area contributed by atoms with Gasteiger partial charge in [-0.2, -0.15) is 0 Å². The fraction of sp³-hybridized carbons (Fsp3) is 0. The van der Waals surface area contributed by atoms with Gasteiger partial charge in [-0.15, -0.1) is 0 Å². The SMILES string of the molecule is [Dy+3].[Er+3].[Hf+4].[Ho+3].[Lu+3].[Nb+2].[Sc+3].[Ta].[Tb+3].[Th+4].[Tm+3].[Y+3].[Yb+3].[Zr+4]. The maximum absolute atomic E-state index is 0. The van der Waals surface area contributed by atoms with Gasteiger partial charge in [0.05, 0.1) is 0 Å². The van der Waals surface area contributed by atoms with Crippen LogP contribution < -0.4 is 0 Å². The van der Waals surface area contributed by atoms with Crippen LogP contribution in [0, 0.1) is 312 Å². The third kappa shape index (κ3) is 80.3. The van der Waals surface area contributed by atoms with Crippen molar-refractivity contribution < 1.29 is 468 Å². The largest absolute Gasteiger partial charge is 4.00 e. The van der Waals surface area contributed by atoms with E-state index in [4.69, 9.17) is 0 Å². The van der Waals surface area contributed by atoms with Crippen LogP contribution in [0.5, 0.6) is 0 Å². The van der Waals surface area contributed by atoms with Crippen LogP contribution in [0.2, 0.25) is 0 Å². The second-order valence-electron chi connectivity index (χ2n) is 0. The molecule has 71 valence electrons. The molecule has 14 heteroatoms. The Kier molecular flexibility index (Phi) is 637. The summed E-state index contributed by atoms with van der Waals surface area (Å²) >= 11 is 0. The first-order valence-electron chi connectivity index (χ1n) is 0. The molecule has 0 nitrogen and oxygen atoms in total. The van der Waals surface area contributed by atoms with Crippen LogP contribution in [0.15, 0.2) is 0 Å². The summed E-state index contributed by atoms with van der Waals surface area (Å²) in [7, 11) is 0. The van der Waals surface area contributed by atoms with Gasteiger partial charge in [-0.25, -0.2) is 0 Å². The van der Waals surface area contributed by atoms with Crippen molar-refractivity contribution in [2.45, 2.75) is 0 Å². The molecule has 0 aliphatic rings. The fourth-order valence-corrected chi connectivity index (χ4v) is 0. The van der Waals surface area contributed by atoms with Gasteiger partial charge in [0.25, 0.3) is 0 Å². The van der Waals surface area contributed by atoms with Crippen molar-refractivity contribution in [2.24, 2.45) is 0 Å². The van der Waals surface area contributed by atoms with Gasteiger partial charge in [-0.1, -0.05) is 0 Å². The molecule has 0 heterocycles. The summed E-state index contributed by atoms with van der Waals surface area (Å²) < 4.78 is 0. The molecule has 0 saturated heterocycles. The predicted molar refractivity (Wildman–Crippen MR) is 0 cm³/mol. The van der Waals surface area contributed by atoms with E-state index in [0.717, 1.165) is 0 Å². The van der Waals surface area contributed by atoms with Crippen LogP contribution in [-0.4, -0.2) is 0 Å². The molecule has 0 rings (SSSR count). The summed E-state index contributed by atoms with van der Waals surface area (Å²) in [6.07, 6.45) is 0. The summed E-state index contributed by atoms with van der Waals surface area (Å²) in [6.45, 7) is 0. The van der Waals surface area contributed by atoms with Crippen molar-refractivity contribution in [2.75, 3.05) is 0 Å². The van der Waals surface area contributed by atoms with Crippen LogP contribution in [0.1, 0.15) is 0 Å². The zero-order valence-corrected chi connectivity index (χ0v) is 38.9. The van der Waals surface area contributed by atoms with Crippen LogP contribution in [0.4, 0.5) is 0 Å². The zero-order valence-electron chi connectivity index (χ0n) is 5.59. The molecular formula is DyErHfHoLuNbScTaTbThTmYYbZr+41. The molecule has 0 spiro atoms. The predicted octanol–water partition coefficient (Wildman–Crippen LogP) is -0.0150. The molecular weight excluding hydrogens is 2080 g/mol. The van der Waals surface area contributed by atoms with Gasteiger partial charge in [-0.05, 0) is 0 Å². The van der Waals surface area contributed by atoms with E-state index in [1.807, 2.05) is 0 Å². The van der Waals surface area contributed by atoms with Gasteiger partial charge in [0.1, 0.15) is 0 Å². The van der Waals surface area contributed by atoms with Gasteiger partial charge in [0.15, 0.2) is 0 Å². The number of rotatable bonds is 0. The first-order valence-corrected chi connectivity index (χ1v) is 0. The standard InChI is InChI=1S/Dy.Er.Hf.Ho.Lu.Nb.Sc.Ta.Tb.Th.Tm.Y.Yb.Zr/q2*+3;+4;2*+3;+2;+3;;+3;+4;3*+3;+4. The molecule has 0 fully saturated rings. The molecule has 0 amide bonds. The Balaban J connectivity index is 0. The molecule has 0 unspecified atom stereocenters. The molecule has 0 atom stereocenters. The molecule has 5 radical (unpaired) electrons. The molecule has 0 saturated carbocycles. The topological polar surface area (TPSA) is 0 Å². The molecule has 0 aromatic carbocycles. The summed E-state index contributed by atoms with van der Waals surface area (Å²) in [5.74, 6) is 0. The molecule has 0 N–H and O–H groups in total. The van der Waals surface area contributed by atoms with E-state index in [-0.39, 0.29) is 468 Å². The minimum absolute atomic E-state index is 0.